The smallest absolute Gasteiger partial charge is 0.317 e. The summed E-state index contributed by atoms with van der Waals surface area (Å²) in [6.45, 7) is 3.95. The van der Waals surface area contributed by atoms with Gasteiger partial charge in [-0.15, -0.1) is 11.3 Å². The molecule has 2 aliphatic rings. The number of hydrogen-bond donors (Lipinski definition) is 1. The van der Waals surface area contributed by atoms with E-state index in [0.717, 1.165) is 45.7 Å². The van der Waals surface area contributed by atoms with Gasteiger partial charge in [-0.3, -0.25) is 0 Å². The molecule has 5 heteroatoms. The summed E-state index contributed by atoms with van der Waals surface area (Å²) in [7, 11) is 0. The molecule has 2 aliphatic heterocycles. The topological polar surface area (TPSA) is 41.6 Å². The maximum Gasteiger partial charge on any atom is 0.317 e. The number of nitrogens with zero attached hydrogens (tertiary/aromatic N) is 1. The van der Waals surface area contributed by atoms with Crippen molar-refractivity contribution in [3.05, 3.63) is 21.9 Å². The molecule has 3 heterocycles. The van der Waals surface area contributed by atoms with E-state index in [1.165, 1.54) is 10.4 Å². The second kappa shape index (κ2) is 5.28. The predicted octanol–water partition coefficient (Wildman–Crippen LogP) is 1.85. The molecule has 4 nitrogen and oxygen atoms in total. The molecule has 1 fully saturated rings. The Balaban J connectivity index is 1.51. The SMILES string of the molecule is O=C(NCC1CCOC1)N1CCc2sccc2C1. The van der Waals surface area contributed by atoms with E-state index in [-0.39, 0.29) is 6.03 Å². The number of nitrogens with one attached hydrogen (secondary N) is 1. The average Bonchev–Trinajstić information content (AvgIpc) is 3.05. The zero-order valence-electron chi connectivity index (χ0n) is 10.4. The van der Waals surface area contributed by atoms with Crippen molar-refractivity contribution in [2.45, 2.75) is 19.4 Å². The summed E-state index contributed by atoms with van der Waals surface area (Å²) in [5, 5.41) is 5.14. The number of rotatable bonds is 2. The molecule has 18 heavy (non-hydrogen) atoms. The first-order chi connectivity index (χ1) is 8.83. The van der Waals surface area contributed by atoms with Crippen LogP contribution in [0.2, 0.25) is 0 Å². The van der Waals surface area contributed by atoms with Gasteiger partial charge in [-0.05, 0) is 29.9 Å². The molecule has 0 saturated carbocycles. The fourth-order valence-corrected chi connectivity index (χ4v) is 3.40. The number of hydrogen-bond acceptors (Lipinski definition) is 3. The standard InChI is InChI=1S/C13H18N2O2S/c16-13(14-7-10-2-5-17-9-10)15-4-1-12-11(8-15)3-6-18-12/h3,6,10H,1-2,4-5,7-9H2,(H,14,16). The lowest BCUT2D eigenvalue weighted by Crippen LogP contribution is -2.44. The van der Waals surface area contributed by atoms with Crippen LogP contribution in [0, 0.1) is 5.92 Å². The largest absolute Gasteiger partial charge is 0.381 e. The van der Waals surface area contributed by atoms with Gasteiger partial charge < -0.3 is 15.0 Å². The van der Waals surface area contributed by atoms with Gasteiger partial charge in [-0.1, -0.05) is 0 Å². The molecule has 2 amide bonds. The van der Waals surface area contributed by atoms with Gasteiger partial charge in [0.15, 0.2) is 0 Å². The van der Waals surface area contributed by atoms with Gasteiger partial charge in [0.25, 0.3) is 0 Å². The third-order valence-electron chi connectivity index (χ3n) is 3.66. The Morgan fingerprint density at radius 1 is 1.61 bits per heavy atom. The second-order valence-electron chi connectivity index (χ2n) is 4.96. The van der Waals surface area contributed by atoms with Crippen LogP contribution in [0.4, 0.5) is 4.79 Å². The van der Waals surface area contributed by atoms with Crippen molar-refractivity contribution >= 4 is 17.4 Å². The predicted molar refractivity (Wildman–Crippen MR) is 70.8 cm³/mol. The van der Waals surface area contributed by atoms with E-state index in [1.54, 1.807) is 11.3 Å². The van der Waals surface area contributed by atoms with Crippen LogP contribution in [0.1, 0.15) is 16.9 Å². The van der Waals surface area contributed by atoms with E-state index in [1.807, 2.05) is 4.90 Å². The number of carbonyl (C=O) groups excluding carboxylic acids is 1. The van der Waals surface area contributed by atoms with Gasteiger partial charge >= 0.3 is 6.03 Å². The summed E-state index contributed by atoms with van der Waals surface area (Å²) < 4.78 is 5.31. The van der Waals surface area contributed by atoms with Gasteiger partial charge in [-0.2, -0.15) is 0 Å². The quantitative estimate of drug-likeness (QED) is 0.887. The number of urea groups is 1. The van der Waals surface area contributed by atoms with Crippen molar-refractivity contribution < 1.29 is 9.53 Å². The maximum absolute atomic E-state index is 12.1. The molecule has 98 valence electrons. The van der Waals surface area contributed by atoms with E-state index in [4.69, 9.17) is 4.74 Å². The lowest BCUT2D eigenvalue weighted by molar-refractivity contribution is 0.179. The third kappa shape index (κ3) is 2.52. The van der Waals surface area contributed by atoms with E-state index < -0.39 is 0 Å². The number of amides is 2. The highest BCUT2D eigenvalue weighted by atomic mass is 32.1. The first-order valence-electron chi connectivity index (χ1n) is 6.48. The number of thiophene rings is 1. The van der Waals surface area contributed by atoms with Crippen LogP contribution in [-0.4, -0.2) is 37.2 Å². The zero-order chi connectivity index (χ0) is 12.4. The van der Waals surface area contributed by atoms with Gasteiger partial charge in [0.2, 0.25) is 0 Å². The van der Waals surface area contributed by atoms with Crippen molar-refractivity contribution in [3.8, 4) is 0 Å². The summed E-state index contributed by atoms with van der Waals surface area (Å²) in [6, 6.07) is 2.20. The van der Waals surface area contributed by atoms with Crippen LogP contribution in [0.15, 0.2) is 11.4 Å². The molecule has 1 N–H and O–H groups in total. The van der Waals surface area contributed by atoms with E-state index in [0.29, 0.717) is 5.92 Å². The highest BCUT2D eigenvalue weighted by molar-refractivity contribution is 7.10. The van der Waals surface area contributed by atoms with E-state index in [9.17, 15) is 4.79 Å². The number of carbonyl (C=O) groups is 1. The Kier molecular flexibility index (Phi) is 3.52. The van der Waals surface area contributed by atoms with Crippen LogP contribution in [0.5, 0.6) is 0 Å². The summed E-state index contributed by atoms with van der Waals surface area (Å²) in [5.74, 6) is 0.496. The highest BCUT2D eigenvalue weighted by Gasteiger charge is 2.22. The zero-order valence-corrected chi connectivity index (χ0v) is 11.2. The fraction of sp³-hybridized carbons (Fsp3) is 0.615. The average molecular weight is 266 g/mol. The fourth-order valence-electron chi connectivity index (χ4n) is 2.51. The number of ether oxygens (including phenoxy) is 1. The van der Waals surface area contributed by atoms with Crippen molar-refractivity contribution in [1.29, 1.82) is 0 Å². The molecule has 0 bridgehead atoms. The van der Waals surface area contributed by atoms with Gasteiger partial charge in [0.05, 0.1) is 6.61 Å². The van der Waals surface area contributed by atoms with Crippen LogP contribution in [-0.2, 0) is 17.7 Å². The Morgan fingerprint density at radius 3 is 3.39 bits per heavy atom. The Morgan fingerprint density at radius 2 is 2.56 bits per heavy atom. The number of fused-ring (bicyclic) bond motifs is 1. The van der Waals surface area contributed by atoms with Crippen LogP contribution in [0.25, 0.3) is 0 Å². The molecule has 3 rings (SSSR count). The molecule has 0 spiro atoms. The van der Waals surface area contributed by atoms with Crippen LogP contribution >= 0.6 is 11.3 Å². The molecular weight excluding hydrogens is 248 g/mol. The lowest BCUT2D eigenvalue weighted by Gasteiger charge is -2.27. The first kappa shape index (κ1) is 12.0. The highest BCUT2D eigenvalue weighted by Crippen LogP contribution is 2.23. The van der Waals surface area contributed by atoms with Crippen molar-refractivity contribution in [3.63, 3.8) is 0 Å². The maximum atomic E-state index is 12.1. The Hall–Kier alpha value is -1.07. The summed E-state index contributed by atoms with van der Waals surface area (Å²) >= 11 is 1.80. The molecule has 0 aromatic carbocycles. The van der Waals surface area contributed by atoms with E-state index >= 15 is 0 Å². The summed E-state index contributed by atoms with van der Waals surface area (Å²) in [5.41, 5.74) is 1.31. The minimum Gasteiger partial charge on any atom is -0.381 e. The van der Waals surface area contributed by atoms with Gasteiger partial charge in [0.1, 0.15) is 0 Å². The minimum absolute atomic E-state index is 0.0683. The Labute approximate surface area is 111 Å². The van der Waals surface area contributed by atoms with Crippen molar-refractivity contribution in [1.82, 2.24) is 10.2 Å². The molecule has 1 unspecified atom stereocenters. The molecular formula is C13H18N2O2S. The second-order valence-corrected chi connectivity index (χ2v) is 5.96. The summed E-state index contributed by atoms with van der Waals surface area (Å²) in [4.78, 5) is 15.4. The van der Waals surface area contributed by atoms with Crippen molar-refractivity contribution in [2.24, 2.45) is 5.92 Å². The molecule has 0 aliphatic carbocycles. The first-order valence-corrected chi connectivity index (χ1v) is 7.36. The normalized spacial score (nSPS) is 22.9. The van der Waals surface area contributed by atoms with Gasteiger partial charge in [-0.25, -0.2) is 4.79 Å². The third-order valence-corrected chi connectivity index (χ3v) is 4.68. The molecule has 0 radical (unpaired) electrons. The van der Waals surface area contributed by atoms with Gasteiger partial charge in [0, 0.05) is 37.0 Å². The minimum atomic E-state index is 0.0683. The molecule has 1 aromatic heterocycles. The molecule has 1 atom stereocenters. The van der Waals surface area contributed by atoms with Crippen LogP contribution < -0.4 is 5.32 Å². The lowest BCUT2D eigenvalue weighted by atomic mass is 10.1. The molecule has 1 saturated heterocycles. The Bertz CT molecular complexity index is 426. The molecule has 1 aromatic rings. The van der Waals surface area contributed by atoms with Crippen molar-refractivity contribution in [2.75, 3.05) is 26.3 Å². The monoisotopic (exact) mass is 266 g/mol. The van der Waals surface area contributed by atoms with Crippen LogP contribution in [0.3, 0.4) is 0 Å². The van der Waals surface area contributed by atoms with E-state index in [2.05, 4.69) is 16.8 Å². The summed E-state index contributed by atoms with van der Waals surface area (Å²) in [6.07, 6.45) is 2.06.